The van der Waals surface area contributed by atoms with Crippen LogP contribution in [-0.2, 0) is 6.18 Å². The average Bonchev–Trinajstić information content (AvgIpc) is 2.53. The number of carbonyl (C=O) groups is 1. The lowest BCUT2D eigenvalue weighted by Crippen LogP contribution is -2.33. The molecule has 0 aliphatic rings. The van der Waals surface area contributed by atoms with Crippen molar-refractivity contribution < 1.29 is 18.0 Å². The first-order valence-corrected chi connectivity index (χ1v) is 7.68. The molecule has 2 aromatic rings. The van der Waals surface area contributed by atoms with Gasteiger partial charge in [-0.05, 0) is 36.2 Å². The Morgan fingerprint density at radius 3 is 2.33 bits per heavy atom. The second kappa shape index (κ2) is 7.57. The molecule has 2 amide bonds. The van der Waals surface area contributed by atoms with Gasteiger partial charge >= 0.3 is 12.2 Å². The third-order valence-corrected chi connectivity index (χ3v) is 3.72. The SMILES string of the molecule is CC[C@H](NC(=O)Nc1ccccc1C(F)(F)F)c1ccc(Cl)cc1. The van der Waals surface area contributed by atoms with E-state index < -0.39 is 17.8 Å². The van der Waals surface area contributed by atoms with Crippen molar-refractivity contribution in [3.63, 3.8) is 0 Å². The van der Waals surface area contributed by atoms with Crippen LogP contribution in [0.2, 0.25) is 5.02 Å². The van der Waals surface area contributed by atoms with Gasteiger partial charge in [-0.25, -0.2) is 4.79 Å². The maximum atomic E-state index is 12.9. The molecule has 0 aliphatic carbocycles. The molecule has 0 unspecified atom stereocenters. The number of hydrogen-bond donors (Lipinski definition) is 2. The summed E-state index contributed by atoms with van der Waals surface area (Å²) in [5.74, 6) is 0. The van der Waals surface area contributed by atoms with Crippen LogP contribution in [0.15, 0.2) is 48.5 Å². The summed E-state index contributed by atoms with van der Waals surface area (Å²) < 4.78 is 38.8. The van der Waals surface area contributed by atoms with Gasteiger partial charge in [-0.2, -0.15) is 13.2 Å². The highest BCUT2D eigenvalue weighted by molar-refractivity contribution is 6.30. The molecule has 0 spiro atoms. The summed E-state index contributed by atoms with van der Waals surface area (Å²) in [5.41, 5.74) is -0.352. The highest BCUT2D eigenvalue weighted by Crippen LogP contribution is 2.34. The van der Waals surface area contributed by atoms with Crippen molar-refractivity contribution in [3.05, 3.63) is 64.7 Å². The lowest BCUT2D eigenvalue weighted by Gasteiger charge is -2.19. The minimum absolute atomic E-state index is 0.284. The zero-order chi connectivity index (χ0) is 17.7. The lowest BCUT2D eigenvalue weighted by molar-refractivity contribution is -0.136. The fourth-order valence-electron chi connectivity index (χ4n) is 2.27. The molecule has 2 rings (SSSR count). The Balaban J connectivity index is 2.11. The Labute approximate surface area is 142 Å². The predicted octanol–water partition coefficient (Wildman–Crippen LogP) is 5.63. The minimum Gasteiger partial charge on any atom is -0.331 e. The zero-order valence-electron chi connectivity index (χ0n) is 12.8. The molecule has 0 saturated heterocycles. The van der Waals surface area contributed by atoms with Crippen LogP contribution in [0, 0.1) is 0 Å². The van der Waals surface area contributed by atoms with Crippen molar-refractivity contribution in [1.82, 2.24) is 5.32 Å². The second-order valence-electron chi connectivity index (χ2n) is 5.15. The third kappa shape index (κ3) is 4.64. The summed E-state index contributed by atoms with van der Waals surface area (Å²) >= 11 is 5.83. The van der Waals surface area contributed by atoms with Crippen LogP contribution in [0.3, 0.4) is 0 Å². The Morgan fingerprint density at radius 1 is 1.12 bits per heavy atom. The van der Waals surface area contributed by atoms with Crippen LogP contribution in [0.1, 0.15) is 30.5 Å². The van der Waals surface area contributed by atoms with Gasteiger partial charge in [0.25, 0.3) is 0 Å². The number of nitrogens with one attached hydrogen (secondary N) is 2. The first-order valence-electron chi connectivity index (χ1n) is 7.30. The maximum absolute atomic E-state index is 12.9. The Hall–Kier alpha value is -2.21. The van der Waals surface area contributed by atoms with Gasteiger partial charge < -0.3 is 10.6 Å². The predicted molar refractivity (Wildman–Crippen MR) is 88.1 cm³/mol. The van der Waals surface area contributed by atoms with Crippen LogP contribution in [-0.4, -0.2) is 6.03 Å². The average molecular weight is 357 g/mol. The molecule has 0 aromatic heterocycles. The molecule has 2 N–H and O–H groups in total. The van der Waals surface area contributed by atoms with E-state index in [-0.39, 0.29) is 11.7 Å². The van der Waals surface area contributed by atoms with Gasteiger partial charge in [-0.15, -0.1) is 0 Å². The van der Waals surface area contributed by atoms with E-state index in [2.05, 4.69) is 10.6 Å². The van der Waals surface area contributed by atoms with Crippen LogP contribution in [0.5, 0.6) is 0 Å². The van der Waals surface area contributed by atoms with Crippen LogP contribution < -0.4 is 10.6 Å². The quantitative estimate of drug-likeness (QED) is 0.732. The molecule has 0 bridgehead atoms. The number of alkyl halides is 3. The van der Waals surface area contributed by atoms with Gasteiger partial charge in [-0.1, -0.05) is 42.8 Å². The Morgan fingerprint density at radius 2 is 1.75 bits per heavy atom. The van der Waals surface area contributed by atoms with Gasteiger partial charge in [0.2, 0.25) is 0 Å². The number of rotatable bonds is 4. The zero-order valence-corrected chi connectivity index (χ0v) is 13.6. The van der Waals surface area contributed by atoms with E-state index in [1.807, 2.05) is 6.92 Å². The fraction of sp³-hybridized carbons (Fsp3) is 0.235. The molecular weight excluding hydrogens is 341 g/mol. The summed E-state index contributed by atoms with van der Waals surface area (Å²) in [6.07, 6.45) is -3.96. The van der Waals surface area contributed by atoms with Crippen molar-refractivity contribution >= 4 is 23.3 Å². The number of hydrogen-bond acceptors (Lipinski definition) is 1. The van der Waals surface area contributed by atoms with Crippen LogP contribution in [0.25, 0.3) is 0 Å². The van der Waals surface area contributed by atoms with Gasteiger partial charge in [0.1, 0.15) is 0 Å². The van der Waals surface area contributed by atoms with E-state index in [1.54, 1.807) is 24.3 Å². The fourth-order valence-corrected chi connectivity index (χ4v) is 2.40. The monoisotopic (exact) mass is 356 g/mol. The molecule has 2 aromatic carbocycles. The summed E-state index contributed by atoms with van der Waals surface area (Å²) in [6, 6.07) is 10.7. The molecule has 0 radical (unpaired) electrons. The van der Waals surface area contributed by atoms with Crippen molar-refractivity contribution in [2.45, 2.75) is 25.6 Å². The van der Waals surface area contributed by atoms with Crippen LogP contribution in [0.4, 0.5) is 23.7 Å². The molecule has 24 heavy (non-hydrogen) atoms. The van der Waals surface area contributed by atoms with Crippen molar-refractivity contribution in [2.24, 2.45) is 0 Å². The largest absolute Gasteiger partial charge is 0.418 e. The highest BCUT2D eigenvalue weighted by Gasteiger charge is 2.33. The summed E-state index contributed by atoms with van der Waals surface area (Å²) in [7, 11) is 0. The smallest absolute Gasteiger partial charge is 0.331 e. The number of carbonyl (C=O) groups excluding carboxylic acids is 1. The topological polar surface area (TPSA) is 41.1 Å². The van der Waals surface area contributed by atoms with Gasteiger partial charge in [0.15, 0.2) is 0 Å². The molecule has 0 fully saturated rings. The standard InChI is InChI=1S/C17H16ClF3N2O/c1-2-14(11-7-9-12(18)10-8-11)22-16(24)23-15-6-4-3-5-13(15)17(19,20)21/h3-10,14H,2H2,1H3,(H2,22,23,24)/t14-/m0/s1. The molecule has 3 nitrogen and oxygen atoms in total. The number of halogens is 4. The summed E-state index contributed by atoms with van der Waals surface area (Å²) in [5, 5.41) is 5.50. The molecule has 128 valence electrons. The minimum atomic E-state index is -4.54. The first kappa shape index (κ1) is 18.1. The lowest BCUT2D eigenvalue weighted by atomic mass is 10.1. The van der Waals surface area contributed by atoms with Gasteiger partial charge in [0.05, 0.1) is 17.3 Å². The first-order chi connectivity index (χ1) is 11.3. The van der Waals surface area contributed by atoms with E-state index in [9.17, 15) is 18.0 Å². The molecule has 0 aliphatic heterocycles. The van der Waals surface area contributed by atoms with E-state index >= 15 is 0 Å². The third-order valence-electron chi connectivity index (χ3n) is 3.47. The van der Waals surface area contributed by atoms with Crippen molar-refractivity contribution in [3.8, 4) is 0 Å². The maximum Gasteiger partial charge on any atom is 0.418 e. The number of para-hydroxylation sites is 1. The normalized spacial score (nSPS) is 12.5. The van der Waals surface area contributed by atoms with Gasteiger partial charge in [0, 0.05) is 5.02 Å². The Bertz CT molecular complexity index is 702. The van der Waals surface area contributed by atoms with Crippen molar-refractivity contribution in [2.75, 3.05) is 5.32 Å². The van der Waals surface area contributed by atoms with E-state index in [0.29, 0.717) is 11.4 Å². The molecule has 0 saturated carbocycles. The van der Waals surface area contributed by atoms with E-state index in [1.165, 1.54) is 18.2 Å². The van der Waals surface area contributed by atoms with E-state index in [4.69, 9.17) is 11.6 Å². The van der Waals surface area contributed by atoms with Gasteiger partial charge in [-0.3, -0.25) is 0 Å². The molecule has 1 atom stereocenters. The number of urea groups is 1. The Kier molecular flexibility index (Phi) is 5.72. The number of benzene rings is 2. The number of amides is 2. The molecule has 7 heteroatoms. The highest BCUT2D eigenvalue weighted by atomic mass is 35.5. The summed E-state index contributed by atoms with van der Waals surface area (Å²) in [4.78, 5) is 12.1. The van der Waals surface area contributed by atoms with Crippen LogP contribution >= 0.6 is 11.6 Å². The number of anilines is 1. The summed E-state index contributed by atoms with van der Waals surface area (Å²) in [6.45, 7) is 1.86. The second-order valence-corrected chi connectivity index (χ2v) is 5.59. The molecular formula is C17H16ClF3N2O. The molecule has 0 heterocycles. The van der Waals surface area contributed by atoms with Crippen molar-refractivity contribution in [1.29, 1.82) is 0 Å². The van der Waals surface area contributed by atoms with E-state index in [0.717, 1.165) is 11.6 Å².